The fourth-order valence-electron chi connectivity index (χ4n) is 6.84. The quantitative estimate of drug-likeness (QED) is 0.518. The number of aliphatic hydroxyl groups is 1. The number of aromatic amines is 1. The van der Waals surface area contributed by atoms with Gasteiger partial charge in [0.1, 0.15) is 5.82 Å². The van der Waals surface area contributed by atoms with Crippen LogP contribution >= 0.6 is 0 Å². The molecule has 4 nitrogen and oxygen atoms in total. The number of fused-ring (bicyclic) bond motifs is 4. The number of hydrogen-bond acceptors (Lipinski definition) is 3. The predicted octanol–water partition coefficient (Wildman–Crippen LogP) is 5.38. The van der Waals surface area contributed by atoms with Crippen LogP contribution in [0, 0.1) is 11.8 Å². The maximum Gasteiger partial charge on any atom is 0.107 e. The number of imidazole rings is 1. The maximum absolute atomic E-state index is 11.9. The summed E-state index contributed by atoms with van der Waals surface area (Å²) in [6.45, 7) is 1.97. The van der Waals surface area contributed by atoms with E-state index in [-0.39, 0.29) is 0 Å². The molecule has 1 fully saturated rings. The van der Waals surface area contributed by atoms with E-state index in [4.69, 9.17) is 4.98 Å². The Hall–Kier alpha value is -2.43. The van der Waals surface area contributed by atoms with E-state index in [1.807, 2.05) is 12.1 Å². The Balaban J connectivity index is 1.08. The second kappa shape index (κ2) is 8.41. The molecule has 0 saturated heterocycles. The lowest BCUT2D eigenvalue weighted by Crippen LogP contribution is -2.50. The standard InChI is InChI=1S/C29H35N3O/c1-32(17-6-11-27-30-25-9-4-5-10-26(25)31-27)18-16-29(33)19-21-13-15-24(29)28-22-8-3-2-7-20(22)12-14-23(21)28/h2-5,7-10,21,24,33H,6,11-19H2,1H3,(H,30,31)/t21-,24-,29+/m1/s1. The Bertz CT molecular complexity index is 1160. The molecule has 3 aromatic rings. The minimum atomic E-state index is -0.556. The molecule has 0 aliphatic heterocycles. The number of allylic oxidation sites excluding steroid dienone is 1. The van der Waals surface area contributed by atoms with Crippen molar-refractivity contribution in [1.82, 2.24) is 14.9 Å². The molecule has 0 spiro atoms. The number of aromatic nitrogens is 2. The highest BCUT2D eigenvalue weighted by molar-refractivity contribution is 5.78. The third kappa shape index (κ3) is 3.83. The molecule has 0 unspecified atom stereocenters. The SMILES string of the molecule is CN(CCCc1nc2ccccc2[nH]1)CC[C@]1(O)C[C@H]2CC[C@@H]1C1=C2CCc2ccccc21. The van der Waals surface area contributed by atoms with Gasteiger partial charge in [0.15, 0.2) is 0 Å². The zero-order valence-corrected chi connectivity index (χ0v) is 19.7. The van der Waals surface area contributed by atoms with E-state index in [0.717, 1.165) is 62.1 Å². The first-order valence-electron chi connectivity index (χ1n) is 12.8. The molecule has 4 aliphatic rings. The third-order valence-corrected chi connectivity index (χ3v) is 8.53. The van der Waals surface area contributed by atoms with Crippen LogP contribution in [0.1, 0.15) is 55.5 Å². The summed E-state index contributed by atoms with van der Waals surface area (Å²) in [6.07, 6.45) is 8.64. The van der Waals surface area contributed by atoms with Gasteiger partial charge in [-0.1, -0.05) is 42.0 Å². The zero-order chi connectivity index (χ0) is 22.4. The van der Waals surface area contributed by atoms with E-state index in [0.29, 0.717) is 11.8 Å². The normalized spacial score (nSPS) is 26.2. The lowest BCUT2D eigenvalue weighted by Gasteiger charge is -2.53. The van der Waals surface area contributed by atoms with Crippen molar-refractivity contribution < 1.29 is 5.11 Å². The molecule has 33 heavy (non-hydrogen) atoms. The minimum Gasteiger partial charge on any atom is -0.389 e. The van der Waals surface area contributed by atoms with Crippen molar-refractivity contribution in [3.8, 4) is 0 Å². The summed E-state index contributed by atoms with van der Waals surface area (Å²) in [4.78, 5) is 10.5. The molecule has 2 bridgehead atoms. The molecular formula is C29H35N3O. The Morgan fingerprint density at radius 2 is 1.91 bits per heavy atom. The van der Waals surface area contributed by atoms with Gasteiger partial charge in [-0.05, 0) is 93.3 Å². The summed E-state index contributed by atoms with van der Waals surface area (Å²) >= 11 is 0. The van der Waals surface area contributed by atoms with Gasteiger partial charge in [-0.25, -0.2) is 4.98 Å². The first-order valence-corrected chi connectivity index (χ1v) is 12.8. The monoisotopic (exact) mass is 441 g/mol. The average molecular weight is 442 g/mol. The van der Waals surface area contributed by atoms with Gasteiger partial charge in [-0.2, -0.15) is 0 Å². The van der Waals surface area contributed by atoms with Crippen LogP contribution in [0.25, 0.3) is 16.6 Å². The van der Waals surface area contributed by atoms with Gasteiger partial charge >= 0.3 is 0 Å². The molecule has 2 N–H and O–H groups in total. The Labute approximate surface area is 196 Å². The summed E-state index contributed by atoms with van der Waals surface area (Å²) in [7, 11) is 2.20. The van der Waals surface area contributed by atoms with Crippen LogP contribution in [0.4, 0.5) is 0 Å². The van der Waals surface area contributed by atoms with Crippen molar-refractivity contribution in [1.29, 1.82) is 0 Å². The Morgan fingerprint density at radius 3 is 2.82 bits per heavy atom. The van der Waals surface area contributed by atoms with Crippen molar-refractivity contribution in [3.63, 3.8) is 0 Å². The summed E-state index contributed by atoms with van der Waals surface area (Å²) in [5, 5.41) is 11.9. The predicted molar refractivity (Wildman–Crippen MR) is 134 cm³/mol. The van der Waals surface area contributed by atoms with Crippen molar-refractivity contribution in [2.45, 2.75) is 57.0 Å². The summed E-state index contributed by atoms with van der Waals surface area (Å²) in [6, 6.07) is 17.2. The van der Waals surface area contributed by atoms with Gasteiger partial charge in [0, 0.05) is 18.9 Å². The minimum absolute atomic E-state index is 0.308. The summed E-state index contributed by atoms with van der Waals surface area (Å²) in [5.41, 5.74) is 7.73. The van der Waals surface area contributed by atoms with Gasteiger partial charge in [0.2, 0.25) is 0 Å². The molecule has 172 valence electrons. The van der Waals surface area contributed by atoms with E-state index in [1.54, 1.807) is 5.57 Å². The largest absolute Gasteiger partial charge is 0.389 e. The van der Waals surface area contributed by atoms with E-state index in [1.165, 1.54) is 36.0 Å². The molecule has 0 radical (unpaired) electrons. The first kappa shape index (κ1) is 21.1. The van der Waals surface area contributed by atoms with Crippen LogP contribution in [0.15, 0.2) is 54.1 Å². The van der Waals surface area contributed by atoms with Crippen molar-refractivity contribution in [2.75, 3.05) is 20.1 Å². The van der Waals surface area contributed by atoms with Crippen LogP contribution in [0.5, 0.6) is 0 Å². The van der Waals surface area contributed by atoms with Crippen molar-refractivity contribution in [3.05, 3.63) is 71.1 Å². The third-order valence-electron chi connectivity index (χ3n) is 8.53. The van der Waals surface area contributed by atoms with Gasteiger partial charge in [0.25, 0.3) is 0 Å². The van der Waals surface area contributed by atoms with E-state index < -0.39 is 5.60 Å². The molecule has 1 heterocycles. The van der Waals surface area contributed by atoms with Gasteiger partial charge in [0.05, 0.1) is 16.6 Å². The van der Waals surface area contributed by atoms with Crippen molar-refractivity contribution >= 4 is 16.6 Å². The highest BCUT2D eigenvalue weighted by Crippen LogP contribution is 2.57. The molecule has 2 aromatic carbocycles. The number of aryl methyl sites for hydroxylation is 2. The molecule has 4 aliphatic carbocycles. The van der Waals surface area contributed by atoms with Crippen LogP contribution in [-0.4, -0.2) is 45.7 Å². The van der Waals surface area contributed by atoms with E-state index >= 15 is 0 Å². The zero-order valence-electron chi connectivity index (χ0n) is 19.7. The number of benzene rings is 2. The molecule has 1 aromatic heterocycles. The van der Waals surface area contributed by atoms with Gasteiger partial charge in [-0.15, -0.1) is 0 Å². The number of nitrogens with one attached hydrogen (secondary N) is 1. The lowest BCUT2D eigenvalue weighted by atomic mass is 9.55. The topological polar surface area (TPSA) is 52.2 Å². The second-order valence-corrected chi connectivity index (χ2v) is 10.6. The Kier molecular flexibility index (Phi) is 5.38. The van der Waals surface area contributed by atoms with E-state index in [2.05, 4.69) is 53.3 Å². The molecule has 1 saturated carbocycles. The molecular weight excluding hydrogens is 406 g/mol. The van der Waals surface area contributed by atoms with Gasteiger partial charge in [-0.3, -0.25) is 0 Å². The summed E-state index contributed by atoms with van der Waals surface area (Å²) in [5.74, 6) is 1.97. The van der Waals surface area contributed by atoms with E-state index in [9.17, 15) is 5.11 Å². The van der Waals surface area contributed by atoms with Crippen LogP contribution in [0.2, 0.25) is 0 Å². The molecule has 4 heteroatoms. The highest BCUT2D eigenvalue weighted by Gasteiger charge is 2.51. The number of hydrogen-bond donors (Lipinski definition) is 2. The second-order valence-electron chi connectivity index (χ2n) is 10.6. The van der Waals surface area contributed by atoms with Gasteiger partial charge < -0.3 is 15.0 Å². The maximum atomic E-state index is 11.9. The van der Waals surface area contributed by atoms with Crippen LogP contribution in [-0.2, 0) is 12.8 Å². The number of rotatable bonds is 7. The fraction of sp³-hybridized carbons (Fsp3) is 0.483. The fourth-order valence-corrected chi connectivity index (χ4v) is 6.84. The van der Waals surface area contributed by atoms with Crippen molar-refractivity contribution in [2.24, 2.45) is 11.8 Å². The molecule has 0 amide bonds. The van der Waals surface area contributed by atoms with Crippen LogP contribution in [0.3, 0.4) is 0 Å². The average Bonchev–Trinajstić information content (AvgIpc) is 3.26. The smallest absolute Gasteiger partial charge is 0.107 e. The summed E-state index contributed by atoms with van der Waals surface area (Å²) < 4.78 is 0. The lowest BCUT2D eigenvalue weighted by molar-refractivity contribution is -0.0588. The first-order chi connectivity index (χ1) is 16.1. The molecule has 3 atom stereocenters. The number of para-hydroxylation sites is 2. The number of nitrogens with zero attached hydrogens (tertiary/aromatic N) is 2. The number of H-pyrrole nitrogens is 1. The molecule has 7 rings (SSSR count). The Morgan fingerprint density at radius 1 is 1.06 bits per heavy atom. The highest BCUT2D eigenvalue weighted by atomic mass is 16.3. The van der Waals surface area contributed by atoms with Crippen LogP contribution < -0.4 is 0 Å².